The fourth-order valence-electron chi connectivity index (χ4n) is 1.71. The fraction of sp³-hybridized carbons (Fsp3) is 0.583. The van der Waals surface area contributed by atoms with Gasteiger partial charge in [0.15, 0.2) is 0 Å². The van der Waals surface area contributed by atoms with Gasteiger partial charge < -0.3 is 21.1 Å². The lowest BCUT2D eigenvalue weighted by molar-refractivity contribution is -0.137. The number of hydrogen-bond acceptors (Lipinski definition) is 4. The van der Waals surface area contributed by atoms with E-state index in [9.17, 15) is 9.59 Å². The summed E-state index contributed by atoms with van der Waals surface area (Å²) in [6.45, 7) is 1.27. The maximum absolute atomic E-state index is 11.6. The molecule has 0 spiro atoms. The van der Waals surface area contributed by atoms with Gasteiger partial charge in [-0.1, -0.05) is 0 Å². The fourth-order valence-corrected chi connectivity index (χ4v) is 1.71. The Morgan fingerprint density at radius 1 is 1.40 bits per heavy atom. The van der Waals surface area contributed by atoms with Crippen molar-refractivity contribution in [2.24, 2.45) is 0 Å². The average molecular weight is 281 g/mol. The molecule has 1 aliphatic carbocycles. The Morgan fingerprint density at radius 2 is 2.20 bits per heavy atom. The number of urea groups is 1. The molecule has 1 aromatic rings. The lowest BCUT2D eigenvalue weighted by atomic mass is 10.4. The van der Waals surface area contributed by atoms with Crippen molar-refractivity contribution < 1.29 is 14.7 Å². The van der Waals surface area contributed by atoms with Crippen molar-refractivity contribution >= 4 is 17.7 Å². The van der Waals surface area contributed by atoms with Crippen molar-refractivity contribution in [2.75, 3.05) is 18.4 Å². The first-order chi connectivity index (χ1) is 9.63. The number of aliphatic carboxylic acids is 1. The number of amides is 2. The van der Waals surface area contributed by atoms with Crippen LogP contribution in [0.25, 0.3) is 0 Å². The van der Waals surface area contributed by atoms with E-state index in [1.165, 1.54) is 29.9 Å². The number of rotatable bonds is 8. The summed E-state index contributed by atoms with van der Waals surface area (Å²) in [5, 5.41) is 21.1. The molecular formula is C12H19N5O3. The van der Waals surface area contributed by atoms with Crippen molar-refractivity contribution in [2.45, 2.75) is 31.8 Å². The van der Waals surface area contributed by atoms with Gasteiger partial charge in [0.2, 0.25) is 0 Å². The van der Waals surface area contributed by atoms with E-state index >= 15 is 0 Å². The number of anilines is 1. The van der Waals surface area contributed by atoms with E-state index in [1.807, 2.05) is 0 Å². The molecule has 0 aromatic carbocycles. The second-order valence-electron chi connectivity index (χ2n) is 4.78. The maximum atomic E-state index is 11.6. The number of nitrogens with one attached hydrogen (secondary N) is 3. The van der Waals surface area contributed by atoms with Gasteiger partial charge in [0.05, 0.1) is 11.9 Å². The van der Waals surface area contributed by atoms with Crippen LogP contribution in [0.1, 0.15) is 19.3 Å². The quantitative estimate of drug-likeness (QED) is 0.510. The molecule has 0 unspecified atom stereocenters. The normalized spacial score (nSPS) is 14.0. The Hall–Kier alpha value is -2.09. The summed E-state index contributed by atoms with van der Waals surface area (Å²) in [5.74, 6) is -0.979. The molecule has 20 heavy (non-hydrogen) atoms. The van der Waals surface area contributed by atoms with Gasteiger partial charge in [-0.05, 0) is 25.8 Å². The summed E-state index contributed by atoms with van der Waals surface area (Å²) in [5.41, 5.74) is 0.472. The standard InChI is InChI=1S/C12H19N5O3/c18-11(19)8-17-7-10(6-15-17)16-12(20)14-5-1-4-13-9-2-3-9/h6-7,9,13H,1-5,8H2,(H,18,19)(H2,14,16,20). The van der Waals surface area contributed by atoms with Crippen molar-refractivity contribution in [3.8, 4) is 0 Å². The Morgan fingerprint density at radius 3 is 2.90 bits per heavy atom. The molecule has 0 atom stereocenters. The molecule has 0 bridgehead atoms. The summed E-state index contributed by atoms with van der Waals surface area (Å²) >= 11 is 0. The van der Waals surface area contributed by atoms with Gasteiger partial charge in [0, 0.05) is 18.8 Å². The Labute approximate surface area is 116 Å². The SMILES string of the molecule is O=C(O)Cn1cc(NC(=O)NCCCNC2CC2)cn1. The van der Waals surface area contributed by atoms with Gasteiger partial charge >= 0.3 is 12.0 Å². The molecule has 8 heteroatoms. The third kappa shape index (κ3) is 5.27. The van der Waals surface area contributed by atoms with Crippen LogP contribution in [0, 0.1) is 0 Å². The number of nitrogens with zero attached hydrogens (tertiary/aromatic N) is 2. The molecule has 1 aliphatic rings. The van der Waals surface area contributed by atoms with E-state index in [2.05, 4.69) is 21.0 Å². The lowest BCUT2D eigenvalue weighted by Gasteiger charge is -2.06. The largest absolute Gasteiger partial charge is 0.480 e. The molecule has 1 fully saturated rings. The Bertz CT molecular complexity index is 469. The number of carbonyl (C=O) groups is 2. The van der Waals surface area contributed by atoms with Gasteiger partial charge in [-0.25, -0.2) is 4.79 Å². The predicted octanol–water partition coefficient (Wildman–Crippen LogP) is 0.231. The first-order valence-electron chi connectivity index (χ1n) is 6.66. The molecule has 110 valence electrons. The third-order valence-corrected chi connectivity index (χ3v) is 2.84. The lowest BCUT2D eigenvalue weighted by Crippen LogP contribution is -2.31. The molecule has 0 radical (unpaired) electrons. The topological polar surface area (TPSA) is 108 Å². The second kappa shape index (κ2) is 6.90. The third-order valence-electron chi connectivity index (χ3n) is 2.84. The monoisotopic (exact) mass is 281 g/mol. The van der Waals surface area contributed by atoms with Crippen molar-refractivity contribution in [1.82, 2.24) is 20.4 Å². The highest BCUT2D eigenvalue weighted by atomic mass is 16.4. The summed E-state index contributed by atoms with van der Waals surface area (Å²) < 4.78 is 1.25. The van der Waals surface area contributed by atoms with E-state index in [0.717, 1.165) is 13.0 Å². The van der Waals surface area contributed by atoms with Crippen LogP contribution in [0.4, 0.5) is 10.5 Å². The van der Waals surface area contributed by atoms with Gasteiger partial charge in [0.25, 0.3) is 0 Å². The first kappa shape index (κ1) is 14.3. The van der Waals surface area contributed by atoms with Gasteiger partial charge in [-0.3, -0.25) is 9.48 Å². The first-order valence-corrected chi connectivity index (χ1v) is 6.66. The molecule has 2 amide bonds. The van der Waals surface area contributed by atoms with Gasteiger partial charge in [-0.15, -0.1) is 0 Å². The number of hydrogen-bond donors (Lipinski definition) is 4. The minimum absolute atomic E-state index is 0.226. The average Bonchev–Trinajstić information content (AvgIpc) is 3.10. The van der Waals surface area contributed by atoms with E-state index < -0.39 is 5.97 Å². The van der Waals surface area contributed by atoms with Crippen LogP contribution in [-0.2, 0) is 11.3 Å². The maximum Gasteiger partial charge on any atom is 0.325 e. The van der Waals surface area contributed by atoms with Crippen molar-refractivity contribution in [3.05, 3.63) is 12.4 Å². The van der Waals surface area contributed by atoms with E-state index in [0.29, 0.717) is 18.3 Å². The molecular weight excluding hydrogens is 262 g/mol. The van der Waals surface area contributed by atoms with Crippen LogP contribution in [0.5, 0.6) is 0 Å². The second-order valence-corrected chi connectivity index (χ2v) is 4.78. The van der Waals surface area contributed by atoms with Gasteiger partial charge in [0.1, 0.15) is 6.54 Å². The zero-order valence-electron chi connectivity index (χ0n) is 11.1. The van der Waals surface area contributed by atoms with Crippen LogP contribution in [-0.4, -0.2) is 46.0 Å². The summed E-state index contributed by atoms with van der Waals surface area (Å²) in [6, 6.07) is 0.371. The van der Waals surface area contributed by atoms with Crippen LogP contribution >= 0.6 is 0 Å². The van der Waals surface area contributed by atoms with Crippen molar-refractivity contribution in [1.29, 1.82) is 0 Å². The number of carboxylic acids is 1. The smallest absolute Gasteiger partial charge is 0.325 e. The Kier molecular flexibility index (Phi) is 4.94. The van der Waals surface area contributed by atoms with E-state index in [-0.39, 0.29) is 12.6 Å². The molecule has 1 heterocycles. The highest BCUT2D eigenvalue weighted by Crippen LogP contribution is 2.18. The minimum atomic E-state index is -0.979. The number of carboxylic acid groups (broad SMARTS) is 1. The summed E-state index contributed by atoms with van der Waals surface area (Å²) in [6.07, 6.45) is 6.28. The van der Waals surface area contributed by atoms with Gasteiger partial charge in [-0.2, -0.15) is 5.10 Å². The molecule has 4 N–H and O–H groups in total. The molecule has 1 saturated carbocycles. The molecule has 1 aromatic heterocycles. The van der Waals surface area contributed by atoms with Crippen molar-refractivity contribution in [3.63, 3.8) is 0 Å². The zero-order chi connectivity index (χ0) is 14.4. The highest BCUT2D eigenvalue weighted by Gasteiger charge is 2.19. The molecule has 0 saturated heterocycles. The highest BCUT2D eigenvalue weighted by molar-refractivity contribution is 5.88. The van der Waals surface area contributed by atoms with Crippen LogP contribution in [0.2, 0.25) is 0 Å². The van der Waals surface area contributed by atoms with Crippen LogP contribution < -0.4 is 16.0 Å². The van der Waals surface area contributed by atoms with Crippen LogP contribution in [0.15, 0.2) is 12.4 Å². The van der Waals surface area contributed by atoms with E-state index in [1.54, 1.807) is 0 Å². The molecule has 8 nitrogen and oxygen atoms in total. The summed E-state index contributed by atoms with van der Waals surface area (Å²) in [4.78, 5) is 22.0. The number of carbonyl (C=O) groups excluding carboxylic acids is 1. The van der Waals surface area contributed by atoms with Crippen LogP contribution in [0.3, 0.4) is 0 Å². The zero-order valence-corrected chi connectivity index (χ0v) is 11.1. The molecule has 0 aliphatic heterocycles. The summed E-state index contributed by atoms with van der Waals surface area (Å²) in [7, 11) is 0. The molecule has 2 rings (SSSR count). The predicted molar refractivity (Wildman–Crippen MR) is 72.5 cm³/mol. The number of aromatic nitrogens is 2. The Balaban J connectivity index is 1.60. The van der Waals surface area contributed by atoms with E-state index in [4.69, 9.17) is 5.11 Å². The minimum Gasteiger partial charge on any atom is -0.480 e.